The van der Waals surface area contributed by atoms with E-state index in [1.54, 1.807) is 0 Å². The van der Waals surface area contributed by atoms with E-state index in [1.165, 1.54) is 16.3 Å². The largest absolute Gasteiger partial charge is 0.490 e. The van der Waals surface area contributed by atoms with Crippen LogP contribution in [-0.2, 0) is 16.1 Å². The van der Waals surface area contributed by atoms with E-state index in [2.05, 4.69) is 28.5 Å². The van der Waals surface area contributed by atoms with E-state index in [0.717, 1.165) is 45.1 Å². The topological polar surface area (TPSA) is 99.5 Å². The molecular weight excluding hydrogens is 401 g/mol. The molecule has 162 valence electrons. The van der Waals surface area contributed by atoms with E-state index in [1.807, 2.05) is 18.5 Å². The van der Waals surface area contributed by atoms with E-state index in [4.69, 9.17) is 9.90 Å². The molecule has 2 bridgehead atoms. The molecule has 9 heteroatoms. The summed E-state index contributed by atoms with van der Waals surface area (Å²) in [5.41, 5.74) is 0.972. The minimum absolute atomic E-state index is 0.140. The van der Waals surface area contributed by atoms with Crippen molar-refractivity contribution >= 4 is 22.7 Å². The third kappa shape index (κ3) is 4.72. The fourth-order valence-corrected chi connectivity index (χ4v) is 4.31. The van der Waals surface area contributed by atoms with Crippen LogP contribution in [0.1, 0.15) is 44.1 Å². The summed E-state index contributed by atoms with van der Waals surface area (Å²) < 4.78 is 31.7. The number of carbonyl (C=O) groups is 2. The molecule has 0 spiro atoms. The van der Waals surface area contributed by atoms with Gasteiger partial charge in [0.15, 0.2) is 0 Å². The van der Waals surface area contributed by atoms with E-state index < -0.39 is 23.5 Å². The molecule has 0 amide bonds. The van der Waals surface area contributed by atoms with Crippen LogP contribution in [0.2, 0.25) is 0 Å². The molecule has 0 saturated heterocycles. The Morgan fingerprint density at radius 1 is 1.00 bits per heavy atom. The van der Waals surface area contributed by atoms with Crippen LogP contribution < -0.4 is 5.32 Å². The number of aromatic nitrogens is 1. The minimum atomic E-state index is -5.08. The standard InChI is InChI=1S/C19H22N2O2.C2HF3O2/c22-17(23)18-4-7-19(8-5-18,9-6-18)21-12-14-1-2-15-3-10-20-13-16(15)11-14;3-2(4,5)1(6)7/h1-3,10-11,13,21H,4-9,12H2,(H,22,23);(H,6,7). The highest BCUT2D eigenvalue weighted by molar-refractivity contribution is 5.82. The Balaban J connectivity index is 0.000000318. The number of alkyl halides is 3. The van der Waals surface area contributed by atoms with Gasteiger partial charge in [0.1, 0.15) is 0 Å². The summed E-state index contributed by atoms with van der Waals surface area (Å²) in [7, 11) is 0. The van der Waals surface area contributed by atoms with Crippen molar-refractivity contribution in [2.75, 3.05) is 0 Å². The normalized spacial score (nSPS) is 25.4. The molecule has 3 aliphatic carbocycles. The lowest BCUT2D eigenvalue weighted by Gasteiger charge is -2.51. The Labute approximate surface area is 171 Å². The van der Waals surface area contributed by atoms with Gasteiger partial charge in [-0.15, -0.1) is 0 Å². The second kappa shape index (κ2) is 8.22. The van der Waals surface area contributed by atoms with Crippen molar-refractivity contribution in [2.24, 2.45) is 5.41 Å². The smallest absolute Gasteiger partial charge is 0.481 e. The molecule has 0 aliphatic heterocycles. The molecule has 5 rings (SSSR count). The average Bonchev–Trinajstić information content (AvgIpc) is 2.73. The van der Waals surface area contributed by atoms with Gasteiger partial charge in [-0.2, -0.15) is 13.2 Å². The molecule has 30 heavy (non-hydrogen) atoms. The number of nitrogens with zero attached hydrogens (tertiary/aromatic N) is 1. The summed E-state index contributed by atoms with van der Waals surface area (Å²) in [6, 6.07) is 8.53. The Morgan fingerprint density at radius 2 is 1.60 bits per heavy atom. The molecule has 0 atom stereocenters. The third-order valence-corrected chi connectivity index (χ3v) is 6.31. The average molecular weight is 424 g/mol. The summed E-state index contributed by atoms with van der Waals surface area (Å²) in [6.07, 6.45) is 4.03. The van der Waals surface area contributed by atoms with E-state index >= 15 is 0 Å². The van der Waals surface area contributed by atoms with Crippen LogP contribution in [0.3, 0.4) is 0 Å². The molecule has 2 aromatic rings. The highest BCUT2D eigenvalue weighted by Gasteiger charge is 2.52. The summed E-state index contributed by atoms with van der Waals surface area (Å²) in [5.74, 6) is -3.35. The van der Waals surface area contributed by atoms with E-state index in [0.29, 0.717) is 0 Å². The highest BCUT2D eigenvalue weighted by Crippen LogP contribution is 2.52. The van der Waals surface area contributed by atoms with Crippen LogP contribution in [0, 0.1) is 5.41 Å². The van der Waals surface area contributed by atoms with Crippen LogP contribution in [0.25, 0.3) is 10.8 Å². The van der Waals surface area contributed by atoms with Gasteiger partial charge in [-0.05, 0) is 61.6 Å². The lowest BCUT2D eigenvalue weighted by Crippen LogP contribution is -2.56. The monoisotopic (exact) mass is 424 g/mol. The Kier molecular flexibility index (Phi) is 6.03. The van der Waals surface area contributed by atoms with Crippen molar-refractivity contribution in [1.29, 1.82) is 0 Å². The quantitative estimate of drug-likeness (QED) is 0.682. The van der Waals surface area contributed by atoms with Gasteiger partial charge in [-0.3, -0.25) is 9.78 Å². The summed E-state index contributed by atoms with van der Waals surface area (Å²) in [5, 5.41) is 22.7. The van der Waals surface area contributed by atoms with Gasteiger partial charge in [0.25, 0.3) is 0 Å². The number of nitrogens with one attached hydrogen (secondary N) is 1. The Hall–Kier alpha value is -2.68. The number of hydrogen-bond acceptors (Lipinski definition) is 4. The maximum Gasteiger partial charge on any atom is 0.490 e. The van der Waals surface area contributed by atoms with Crippen LogP contribution in [0.4, 0.5) is 13.2 Å². The second-order valence-corrected chi connectivity index (χ2v) is 8.08. The Bertz CT molecular complexity index is 921. The van der Waals surface area contributed by atoms with Gasteiger partial charge >= 0.3 is 18.1 Å². The van der Waals surface area contributed by atoms with Gasteiger partial charge in [-0.25, -0.2) is 4.79 Å². The van der Waals surface area contributed by atoms with Gasteiger partial charge in [0, 0.05) is 29.9 Å². The van der Waals surface area contributed by atoms with Crippen molar-refractivity contribution in [3.05, 3.63) is 42.2 Å². The first-order valence-corrected chi connectivity index (χ1v) is 9.67. The predicted octanol–water partition coefficient (Wildman–Crippen LogP) is 4.14. The first-order valence-electron chi connectivity index (χ1n) is 9.67. The van der Waals surface area contributed by atoms with Gasteiger partial charge < -0.3 is 15.5 Å². The molecule has 3 aliphatic rings. The van der Waals surface area contributed by atoms with Crippen LogP contribution >= 0.6 is 0 Å². The molecule has 0 unspecified atom stereocenters. The Morgan fingerprint density at radius 3 is 2.13 bits per heavy atom. The van der Waals surface area contributed by atoms with Crippen molar-refractivity contribution in [1.82, 2.24) is 10.3 Å². The van der Waals surface area contributed by atoms with Gasteiger partial charge in [0.2, 0.25) is 0 Å². The molecule has 6 nitrogen and oxygen atoms in total. The number of fused-ring (bicyclic) bond motifs is 4. The lowest BCUT2D eigenvalue weighted by atomic mass is 9.57. The molecule has 3 saturated carbocycles. The number of benzene rings is 1. The fraction of sp³-hybridized carbons (Fsp3) is 0.476. The van der Waals surface area contributed by atoms with Crippen molar-refractivity contribution in [3.8, 4) is 0 Å². The maximum absolute atomic E-state index is 11.5. The van der Waals surface area contributed by atoms with Crippen LogP contribution in [0.5, 0.6) is 0 Å². The zero-order chi connectivity index (χ0) is 22.0. The summed E-state index contributed by atoms with van der Waals surface area (Å²) >= 11 is 0. The van der Waals surface area contributed by atoms with E-state index in [-0.39, 0.29) is 5.54 Å². The van der Waals surface area contributed by atoms with Crippen LogP contribution in [-0.4, -0.2) is 38.9 Å². The maximum atomic E-state index is 11.5. The number of halogens is 3. The first kappa shape index (κ1) is 22.0. The van der Waals surface area contributed by atoms with Crippen molar-refractivity contribution in [3.63, 3.8) is 0 Å². The fourth-order valence-electron chi connectivity index (χ4n) is 4.31. The third-order valence-electron chi connectivity index (χ3n) is 6.31. The van der Waals surface area contributed by atoms with Gasteiger partial charge in [-0.1, -0.05) is 12.1 Å². The number of rotatable bonds is 4. The van der Waals surface area contributed by atoms with E-state index in [9.17, 15) is 23.1 Å². The minimum Gasteiger partial charge on any atom is -0.481 e. The highest BCUT2D eigenvalue weighted by atomic mass is 19.4. The first-order chi connectivity index (χ1) is 14.1. The van der Waals surface area contributed by atoms with Crippen LogP contribution in [0.15, 0.2) is 36.7 Å². The SMILES string of the molecule is O=C(O)C(F)(F)F.O=C(O)C12CCC(NCc3ccc4ccncc4c3)(CC1)CC2. The number of carboxylic acids is 2. The number of carboxylic acid groups (broad SMARTS) is 2. The molecule has 3 fully saturated rings. The molecule has 1 aromatic carbocycles. The summed E-state index contributed by atoms with van der Waals surface area (Å²) in [4.78, 5) is 24.6. The van der Waals surface area contributed by atoms with Crippen molar-refractivity contribution < 1.29 is 33.0 Å². The number of hydrogen-bond donors (Lipinski definition) is 3. The molecule has 0 radical (unpaired) electrons. The lowest BCUT2D eigenvalue weighted by molar-refractivity contribution is -0.192. The molecular formula is C21H23F3N2O4. The molecule has 1 aromatic heterocycles. The summed E-state index contributed by atoms with van der Waals surface area (Å²) in [6.45, 7) is 0.838. The van der Waals surface area contributed by atoms with Crippen molar-refractivity contribution in [2.45, 2.75) is 56.8 Å². The second-order valence-electron chi connectivity index (χ2n) is 8.08. The molecule has 3 N–H and O–H groups in total. The zero-order valence-corrected chi connectivity index (χ0v) is 16.2. The number of aliphatic carboxylic acids is 2. The molecule has 1 heterocycles. The predicted molar refractivity (Wildman–Crippen MR) is 103 cm³/mol. The number of pyridine rings is 1. The van der Waals surface area contributed by atoms with Gasteiger partial charge in [0.05, 0.1) is 5.41 Å². The zero-order valence-electron chi connectivity index (χ0n) is 16.2.